The van der Waals surface area contributed by atoms with E-state index >= 15 is 0 Å². The van der Waals surface area contributed by atoms with Crippen molar-refractivity contribution in [1.29, 1.82) is 0 Å². The Bertz CT molecular complexity index is 1060. The zero-order valence-corrected chi connectivity index (χ0v) is 22.9. The number of amides is 4. The van der Waals surface area contributed by atoms with Crippen LogP contribution >= 0.6 is 0 Å². The molecule has 4 amide bonds. The Balaban J connectivity index is 1.89. The van der Waals surface area contributed by atoms with Gasteiger partial charge in [-0.15, -0.1) is 0 Å². The standard InChI is InChI=1S/C29H41N5O5/c1-20(35)26(32-21(2)36)28(38)31-17-11-10-16-24(30)27(37)33-25(18-22-12-6-4-7-13-22)29(39)34(3)19-23-14-8-5-9-15-23/h4-9,12-15,20,24-26,35H,10-11,16-19,30H2,1-3H3,(H,31,38)(H,32,36)(H,33,37)/t20?,24?,25-,26?/m1/s1. The highest BCUT2D eigenvalue weighted by Gasteiger charge is 2.27. The summed E-state index contributed by atoms with van der Waals surface area (Å²) in [5, 5.41) is 17.6. The van der Waals surface area contributed by atoms with E-state index in [1.54, 1.807) is 11.9 Å². The third kappa shape index (κ3) is 11.3. The highest BCUT2D eigenvalue weighted by Crippen LogP contribution is 2.10. The molecule has 212 valence electrons. The number of nitrogens with one attached hydrogen (secondary N) is 3. The molecule has 39 heavy (non-hydrogen) atoms. The predicted molar refractivity (Wildman–Crippen MR) is 149 cm³/mol. The fourth-order valence-electron chi connectivity index (χ4n) is 4.10. The molecule has 0 aliphatic carbocycles. The van der Waals surface area contributed by atoms with Gasteiger partial charge in [0.05, 0.1) is 12.1 Å². The molecular formula is C29H41N5O5. The molecule has 0 saturated heterocycles. The van der Waals surface area contributed by atoms with Crippen molar-refractivity contribution in [3.8, 4) is 0 Å². The molecule has 2 aromatic rings. The van der Waals surface area contributed by atoms with Gasteiger partial charge in [0.1, 0.15) is 12.1 Å². The van der Waals surface area contributed by atoms with E-state index in [2.05, 4.69) is 16.0 Å². The lowest BCUT2D eigenvalue weighted by Gasteiger charge is -2.26. The minimum absolute atomic E-state index is 0.210. The number of aliphatic hydroxyl groups is 1. The largest absolute Gasteiger partial charge is 0.391 e. The summed E-state index contributed by atoms with van der Waals surface area (Å²) in [6.45, 7) is 3.41. The van der Waals surface area contributed by atoms with Crippen LogP contribution in [0.1, 0.15) is 44.2 Å². The van der Waals surface area contributed by atoms with Gasteiger partial charge in [0.15, 0.2) is 0 Å². The van der Waals surface area contributed by atoms with Crippen LogP contribution in [0.4, 0.5) is 0 Å². The van der Waals surface area contributed by atoms with Crippen LogP contribution in [0.25, 0.3) is 0 Å². The van der Waals surface area contributed by atoms with Crippen molar-refractivity contribution in [2.75, 3.05) is 13.6 Å². The van der Waals surface area contributed by atoms with E-state index in [0.29, 0.717) is 38.8 Å². The molecule has 2 rings (SSSR count). The van der Waals surface area contributed by atoms with Crippen molar-refractivity contribution in [2.24, 2.45) is 5.73 Å². The molecule has 3 unspecified atom stereocenters. The van der Waals surface area contributed by atoms with E-state index in [-0.39, 0.29) is 5.91 Å². The molecule has 0 aromatic heterocycles. The van der Waals surface area contributed by atoms with E-state index in [0.717, 1.165) is 11.1 Å². The average molecular weight is 540 g/mol. The molecule has 4 atom stereocenters. The topological polar surface area (TPSA) is 154 Å². The van der Waals surface area contributed by atoms with E-state index < -0.39 is 42.0 Å². The highest BCUT2D eigenvalue weighted by molar-refractivity contribution is 5.90. The lowest BCUT2D eigenvalue weighted by Crippen LogP contribution is -2.52. The van der Waals surface area contributed by atoms with Gasteiger partial charge in [-0.25, -0.2) is 0 Å². The van der Waals surface area contributed by atoms with Crippen molar-refractivity contribution >= 4 is 23.6 Å². The van der Waals surface area contributed by atoms with E-state index in [9.17, 15) is 24.3 Å². The summed E-state index contributed by atoms with van der Waals surface area (Å²) >= 11 is 0. The zero-order valence-electron chi connectivity index (χ0n) is 22.9. The summed E-state index contributed by atoms with van der Waals surface area (Å²) in [4.78, 5) is 51.3. The first-order chi connectivity index (χ1) is 18.6. The van der Waals surface area contributed by atoms with E-state index in [1.807, 2.05) is 60.7 Å². The number of carbonyl (C=O) groups is 4. The molecule has 6 N–H and O–H groups in total. The molecule has 10 nitrogen and oxygen atoms in total. The lowest BCUT2D eigenvalue weighted by molar-refractivity contribution is -0.136. The van der Waals surface area contributed by atoms with Crippen LogP contribution in [0, 0.1) is 0 Å². The SMILES string of the molecule is CC(=O)NC(C(=O)NCCCCC(N)C(=O)N[C@H](Cc1ccccc1)C(=O)N(C)Cc1ccccc1)C(C)O. The molecule has 0 aliphatic rings. The summed E-state index contributed by atoms with van der Waals surface area (Å²) in [5.41, 5.74) is 8.04. The Kier molecular flexibility index (Phi) is 13.1. The van der Waals surface area contributed by atoms with Crippen molar-refractivity contribution < 1.29 is 24.3 Å². The second-order valence-electron chi connectivity index (χ2n) is 9.74. The second-order valence-corrected chi connectivity index (χ2v) is 9.74. The van der Waals surface area contributed by atoms with Crippen LogP contribution in [0.3, 0.4) is 0 Å². The summed E-state index contributed by atoms with van der Waals surface area (Å²) < 4.78 is 0. The first kappa shape index (κ1) is 31.5. The summed E-state index contributed by atoms with van der Waals surface area (Å²) in [7, 11) is 1.71. The number of nitrogens with zero attached hydrogens (tertiary/aromatic N) is 1. The summed E-state index contributed by atoms with van der Waals surface area (Å²) in [5.74, 6) is -1.52. The van der Waals surface area contributed by atoms with E-state index in [1.165, 1.54) is 13.8 Å². The molecule has 0 radical (unpaired) electrons. The third-order valence-electron chi connectivity index (χ3n) is 6.24. The summed E-state index contributed by atoms with van der Waals surface area (Å²) in [6, 6.07) is 16.5. The monoisotopic (exact) mass is 539 g/mol. The number of hydrogen-bond acceptors (Lipinski definition) is 6. The van der Waals surface area contributed by atoms with Gasteiger partial charge in [0.2, 0.25) is 23.6 Å². The third-order valence-corrected chi connectivity index (χ3v) is 6.24. The molecule has 2 aromatic carbocycles. The van der Waals surface area contributed by atoms with Crippen LogP contribution in [0.15, 0.2) is 60.7 Å². The molecule has 0 spiro atoms. The molecule has 0 saturated carbocycles. The first-order valence-electron chi connectivity index (χ1n) is 13.2. The Morgan fingerprint density at radius 3 is 2.05 bits per heavy atom. The lowest BCUT2D eigenvalue weighted by atomic mass is 10.0. The number of likely N-dealkylation sites (N-methyl/N-ethyl adjacent to an activating group) is 1. The second kappa shape index (κ2) is 16.3. The smallest absolute Gasteiger partial charge is 0.245 e. The molecular weight excluding hydrogens is 498 g/mol. The number of hydrogen-bond donors (Lipinski definition) is 5. The average Bonchev–Trinajstić information content (AvgIpc) is 2.91. The first-order valence-corrected chi connectivity index (χ1v) is 13.2. The maximum atomic E-state index is 13.3. The maximum Gasteiger partial charge on any atom is 0.245 e. The molecule has 0 aliphatic heterocycles. The van der Waals surface area contributed by atoms with Crippen LogP contribution in [-0.2, 0) is 32.1 Å². The Labute approximate surface area is 230 Å². The van der Waals surface area contributed by atoms with Gasteiger partial charge < -0.3 is 31.7 Å². The van der Waals surface area contributed by atoms with Gasteiger partial charge in [-0.2, -0.15) is 0 Å². The number of benzene rings is 2. The number of nitrogens with two attached hydrogens (primary N) is 1. The van der Waals surface area contributed by atoms with Gasteiger partial charge in [0.25, 0.3) is 0 Å². The molecule has 0 bridgehead atoms. The van der Waals surface area contributed by atoms with Gasteiger partial charge in [-0.05, 0) is 37.3 Å². The fourth-order valence-corrected chi connectivity index (χ4v) is 4.10. The quantitative estimate of drug-likeness (QED) is 0.212. The van der Waals surface area contributed by atoms with Crippen LogP contribution in [0.5, 0.6) is 0 Å². The number of rotatable bonds is 15. The fraction of sp³-hybridized carbons (Fsp3) is 0.448. The minimum Gasteiger partial charge on any atom is -0.391 e. The zero-order chi connectivity index (χ0) is 28.8. The van der Waals surface area contributed by atoms with E-state index in [4.69, 9.17) is 5.73 Å². The number of aliphatic hydroxyl groups excluding tert-OH is 1. The number of carbonyl (C=O) groups excluding carboxylic acids is 4. The van der Waals surface area contributed by atoms with Crippen molar-refractivity contribution in [2.45, 2.75) is 70.3 Å². The van der Waals surface area contributed by atoms with Gasteiger partial charge in [-0.1, -0.05) is 60.7 Å². The molecule has 0 heterocycles. The Hall–Kier alpha value is -3.76. The molecule has 0 fully saturated rings. The minimum atomic E-state index is -1.04. The van der Waals surface area contributed by atoms with Crippen LogP contribution < -0.4 is 21.7 Å². The number of unbranched alkanes of at least 4 members (excludes halogenated alkanes) is 1. The Morgan fingerprint density at radius 2 is 1.49 bits per heavy atom. The normalized spacial score (nSPS) is 13.9. The van der Waals surface area contributed by atoms with Crippen molar-refractivity contribution in [3.63, 3.8) is 0 Å². The summed E-state index contributed by atoms with van der Waals surface area (Å²) in [6.07, 6.45) is 0.760. The molecule has 10 heteroatoms. The van der Waals surface area contributed by atoms with Gasteiger partial charge >= 0.3 is 0 Å². The van der Waals surface area contributed by atoms with Crippen LogP contribution in [0.2, 0.25) is 0 Å². The Morgan fingerprint density at radius 1 is 0.897 bits per heavy atom. The van der Waals surface area contributed by atoms with Crippen molar-refractivity contribution in [3.05, 3.63) is 71.8 Å². The van der Waals surface area contributed by atoms with Crippen LogP contribution in [-0.4, -0.2) is 71.5 Å². The van der Waals surface area contributed by atoms with Gasteiger partial charge in [0, 0.05) is 33.5 Å². The maximum absolute atomic E-state index is 13.3. The van der Waals surface area contributed by atoms with Crippen molar-refractivity contribution in [1.82, 2.24) is 20.9 Å². The predicted octanol–water partition coefficient (Wildman–Crippen LogP) is 0.872. The highest BCUT2D eigenvalue weighted by atomic mass is 16.3. The van der Waals surface area contributed by atoms with Gasteiger partial charge in [-0.3, -0.25) is 19.2 Å².